The van der Waals surface area contributed by atoms with Crippen LogP contribution in [0.15, 0.2) is 72.8 Å². The van der Waals surface area contributed by atoms with Crippen LogP contribution in [-0.2, 0) is 11.2 Å². The van der Waals surface area contributed by atoms with Crippen molar-refractivity contribution in [3.63, 3.8) is 0 Å². The van der Waals surface area contributed by atoms with Crippen LogP contribution in [0, 0.1) is 19.3 Å². The standard InChI is InChI=1S/C30H37NO3/c1-23-13-14-24(2)28(22-23)34-21-9-19-30(3,4)29(32)31-26-15-17-27(18-16-26)33-20-8-12-25-10-6-5-7-11-25/h5-7,10-11,13-18,22H,8-9,12,19-21H2,1-4H3,(H,31,32). The fourth-order valence-corrected chi connectivity index (χ4v) is 3.72. The first-order chi connectivity index (χ1) is 16.3. The van der Waals surface area contributed by atoms with Gasteiger partial charge in [-0.15, -0.1) is 0 Å². The van der Waals surface area contributed by atoms with E-state index in [0.717, 1.165) is 48.4 Å². The van der Waals surface area contributed by atoms with Crippen LogP contribution < -0.4 is 14.8 Å². The third-order valence-electron chi connectivity index (χ3n) is 6.00. The quantitative estimate of drug-likeness (QED) is 0.293. The van der Waals surface area contributed by atoms with E-state index in [4.69, 9.17) is 9.47 Å². The SMILES string of the molecule is Cc1ccc(C)c(OCCCC(C)(C)C(=O)Nc2ccc(OCCCc3ccccc3)cc2)c1. The highest BCUT2D eigenvalue weighted by Gasteiger charge is 2.27. The van der Waals surface area contributed by atoms with Crippen molar-refractivity contribution in [1.29, 1.82) is 0 Å². The molecule has 180 valence electrons. The Kier molecular flexibility index (Phi) is 9.15. The number of carbonyl (C=O) groups is 1. The van der Waals surface area contributed by atoms with Crippen LogP contribution in [0.4, 0.5) is 5.69 Å². The third-order valence-corrected chi connectivity index (χ3v) is 6.00. The molecular formula is C30H37NO3. The summed E-state index contributed by atoms with van der Waals surface area (Å²) in [6, 6.07) is 24.2. The van der Waals surface area contributed by atoms with Gasteiger partial charge >= 0.3 is 0 Å². The minimum Gasteiger partial charge on any atom is -0.494 e. The van der Waals surface area contributed by atoms with E-state index in [1.54, 1.807) is 0 Å². The van der Waals surface area contributed by atoms with E-state index in [1.165, 1.54) is 11.1 Å². The van der Waals surface area contributed by atoms with Gasteiger partial charge in [-0.05, 0) is 86.6 Å². The molecule has 0 aliphatic carbocycles. The number of rotatable bonds is 12. The van der Waals surface area contributed by atoms with E-state index < -0.39 is 5.41 Å². The highest BCUT2D eigenvalue weighted by atomic mass is 16.5. The summed E-state index contributed by atoms with van der Waals surface area (Å²) in [5, 5.41) is 3.04. The van der Waals surface area contributed by atoms with Crippen molar-refractivity contribution in [1.82, 2.24) is 0 Å². The molecule has 1 N–H and O–H groups in total. The third kappa shape index (κ3) is 7.95. The van der Waals surface area contributed by atoms with E-state index in [9.17, 15) is 4.79 Å². The highest BCUT2D eigenvalue weighted by molar-refractivity contribution is 5.94. The molecular weight excluding hydrogens is 422 g/mol. The van der Waals surface area contributed by atoms with Crippen LogP contribution in [0.5, 0.6) is 11.5 Å². The summed E-state index contributed by atoms with van der Waals surface area (Å²) < 4.78 is 11.8. The smallest absolute Gasteiger partial charge is 0.230 e. The Balaban J connectivity index is 1.38. The van der Waals surface area contributed by atoms with Gasteiger partial charge in [-0.25, -0.2) is 0 Å². The molecule has 4 heteroatoms. The maximum Gasteiger partial charge on any atom is 0.230 e. The highest BCUT2D eigenvalue weighted by Crippen LogP contribution is 2.26. The molecule has 0 aromatic heterocycles. The molecule has 0 saturated carbocycles. The van der Waals surface area contributed by atoms with Crippen LogP contribution in [-0.4, -0.2) is 19.1 Å². The van der Waals surface area contributed by atoms with Gasteiger partial charge in [0.25, 0.3) is 0 Å². The maximum atomic E-state index is 12.8. The summed E-state index contributed by atoms with van der Waals surface area (Å²) >= 11 is 0. The van der Waals surface area contributed by atoms with Crippen LogP contribution >= 0.6 is 0 Å². The number of ether oxygens (including phenoxy) is 2. The van der Waals surface area contributed by atoms with Crippen molar-refractivity contribution in [3.05, 3.63) is 89.5 Å². The van der Waals surface area contributed by atoms with E-state index in [0.29, 0.717) is 13.2 Å². The molecule has 0 fully saturated rings. The van der Waals surface area contributed by atoms with Gasteiger partial charge < -0.3 is 14.8 Å². The van der Waals surface area contributed by atoms with Crippen molar-refractivity contribution in [2.75, 3.05) is 18.5 Å². The Labute approximate surface area is 204 Å². The number of benzene rings is 3. The molecule has 0 heterocycles. The summed E-state index contributed by atoms with van der Waals surface area (Å²) in [5.74, 6) is 1.74. The number of nitrogens with one attached hydrogen (secondary N) is 1. The zero-order valence-corrected chi connectivity index (χ0v) is 20.9. The molecule has 1 amide bonds. The number of amides is 1. The number of hydrogen-bond acceptors (Lipinski definition) is 3. The first-order valence-electron chi connectivity index (χ1n) is 12.1. The summed E-state index contributed by atoms with van der Waals surface area (Å²) in [5.41, 5.74) is 3.93. The van der Waals surface area contributed by atoms with Crippen molar-refractivity contribution in [2.24, 2.45) is 5.41 Å². The van der Waals surface area contributed by atoms with Gasteiger partial charge in [-0.1, -0.05) is 56.3 Å². The van der Waals surface area contributed by atoms with Crippen LogP contribution in [0.25, 0.3) is 0 Å². The molecule has 0 saturated heterocycles. The monoisotopic (exact) mass is 459 g/mol. The minimum atomic E-state index is -0.488. The molecule has 3 aromatic rings. The van der Waals surface area contributed by atoms with E-state index in [1.807, 2.05) is 51.1 Å². The van der Waals surface area contributed by atoms with Gasteiger partial charge in [-0.2, -0.15) is 0 Å². The Morgan fingerprint density at radius 3 is 2.29 bits per heavy atom. The number of aryl methyl sites for hydroxylation is 3. The number of carbonyl (C=O) groups excluding carboxylic acids is 1. The summed E-state index contributed by atoms with van der Waals surface area (Å²) in [6.07, 6.45) is 3.51. The van der Waals surface area contributed by atoms with Gasteiger partial charge in [0.1, 0.15) is 11.5 Å². The van der Waals surface area contributed by atoms with Gasteiger partial charge in [0.05, 0.1) is 13.2 Å². The average molecular weight is 460 g/mol. The largest absolute Gasteiger partial charge is 0.494 e. The molecule has 3 aromatic carbocycles. The Hall–Kier alpha value is -3.27. The fourth-order valence-electron chi connectivity index (χ4n) is 3.72. The molecule has 0 radical (unpaired) electrons. The lowest BCUT2D eigenvalue weighted by molar-refractivity contribution is -0.124. The molecule has 0 aliphatic rings. The lowest BCUT2D eigenvalue weighted by atomic mass is 9.87. The number of anilines is 1. The Morgan fingerprint density at radius 2 is 1.56 bits per heavy atom. The van der Waals surface area contributed by atoms with Gasteiger partial charge in [0, 0.05) is 11.1 Å². The molecule has 0 bridgehead atoms. The second-order valence-electron chi connectivity index (χ2n) is 9.52. The van der Waals surface area contributed by atoms with Crippen molar-refractivity contribution in [2.45, 2.75) is 53.4 Å². The summed E-state index contributed by atoms with van der Waals surface area (Å²) in [7, 11) is 0. The Bertz CT molecular complexity index is 1040. The molecule has 0 spiro atoms. The predicted molar refractivity (Wildman–Crippen MR) is 140 cm³/mol. The molecule has 0 aliphatic heterocycles. The second kappa shape index (κ2) is 12.3. The molecule has 34 heavy (non-hydrogen) atoms. The molecule has 3 rings (SSSR count). The van der Waals surface area contributed by atoms with Crippen LogP contribution in [0.3, 0.4) is 0 Å². The topological polar surface area (TPSA) is 47.6 Å². The minimum absolute atomic E-state index is 0.00997. The lowest BCUT2D eigenvalue weighted by Crippen LogP contribution is -2.31. The van der Waals surface area contributed by atoms with Crippen LogP contribution in [0.1, 0.15) is 49.8 Å². The lowest BCUT2D eigenvalue weighted by Gasteiger charge is -2.24. The fraction of sp³-hybridized carbons (Fsp3) is 0.367. The summed E-state index contributed by atoms with van der Waals surface area (Å²) in [6.45, 7) is 9.32. The van der Waals surface area contributed by atoms with E-state index >= 15 is 0 Å². The Morgan fingerprint density at radius 1 is 0.853 bits per heavy atom. The van der Waals surface area contributed by atoms with E-state index in [-0.39, 0.29) is 5.91 Å². The maximum absolute atomic E-state index is 12.8. The van der Waals surface area contributed by atoms with Crippen molar-refractivity contribution in [3.8, 4) is 11.5 Å². The van der Waals surface area contributed by atoms with Crippen LogP contribution in [0.2, 0.25) is 0 Å². The molecule has 4 nitrogen and oxygen atoms in total. The normalized spacial score (nSPS) is 11.2. The molecule has 0 unspecified atom stereocenters. The van der Waals surface area contributed by atoms with E-state index in [2.05, 4.69) is 54.7 Å². The van der Waals surface area contributed by atoms with Crippen molar-refractivity contribution < 1.29 is 14.3 Å². The zero-order valence-electron chi connectivity index (χ0n) is 20.9. The first-order valence-corrected chi connectivity index (χ1v) is 12.1. The van der Waals surface area contributed by atoms with Gasteiger partial charge in [0.15, 0.2) is 0 Å². The first kappa shape index (κ1) is 25.4. The average Bonchev–Trinajstić information content (AvgIpc) is 2.83. The van der Waals surface area contributed by atoms with Gasteiger partial charge in [0.2, 0.25) is 5.91 Å². The number of hydrogen-bond donors (Lipinski definition) is 1. The summed E-state index contributed by atoms with van der Waals surface area (Å²) in [4.78, 5) is 12.8. The zero-order chi connectivity index (χ0) is 24.4. The van der Waals surface area contributed by atoms with Gasteiger partial charge in [-0.3, -0.25) is 4.79 Å². The predicted octanol–water partition coefficient (Wildman–Crippen LogP) is 7.14. The molecule has 0 atom stereocenters. The van der Waals surface area contributed by atoms with Crippen molar-refractivity contribution >= 4 is 11.6 Å². The second-order valence-corrected chi connectivity index (χ2v) is 9.52.